The molecule has 0 aliphatic heterocycles. The summed E-state index contributed by atoms with van der Waals surface area (Å²) in [4.78, 5) is 0. The quantitative estimate of drug-likeness (QED) is 0.214. The van der Waals surface area contributed by atoms with E-state index < -0.39 is 28.9 Å². The molecule has 5 aliphatic carbocycles. The zero-order valence-corrected chi connectivity index (χ0v) is 31.7. The molecule has 4 heteroatoms. The molecular formula is C36H60Cl2SiZr. The zero-order valence-electron chi connectivity index (χ0n) is 26.7. The van der Waals surface area contributed by atoms with Crippen molar-refractivity contribution in [2.24, 2.45) is 47.3 Å². The Hall–Kier alpha value is 0.900. The van der Waals surface area contributed by atoms with Crippen LogP contribution >= 0.6 is 17.0 Å². The van der Waals surface area contributed by atoms with E-state index in [1.807, 2.05) is 0 Å². The molecule has 0 saturated heterocycles. The average molecular weight is 683 g/mol. The summed E-state index contributed by atoms with van der Waals surface area (Å²) in [5, 5.41) is 0. The van der Waals surface area contributed by atoms with Crippen molar-refractivity contribution in [3.8, 4) is 0 Å². The Bertz CT molecular complexity index is 877. The first-order valence-corrected chi connectivity index (χ1v) is 25.9. The van der Waals surface area contributed by atoms with Gasteiger partial charge in [-0.3, -0.25) is 0 Å². The monoisotopic (exact) mass is 680 g/mol. The van der Waals surface area contributed by atoms with E-state index >= 15 is 0 Å². The second kappa shape index (κ2) is 15.8. The molecule has 0 bridgehead atoms. The van der Waals surface area contributed by atoms with Crippen LogP contribution in [0.4, 0.5) is 0 Å². The minimum absolute atomic E-state index is 0. The van der Waals surface area contributed by atoms with Crippen molar-refractivity contribution in [2.45, 2.75) is 127 Å². The fraction of sp³-hybridized carbons (Fsp3) is 0.778. The summed E-state index contributed by atoms with van der Waals surface area (Å²) < 4.78 is 0. The van der Waals surface area contributed by atoms with Crippen LogP contribution in [0.2, 0.25) is 24.2 Å². The van der Waals surface area contributed by atoms with Crippen LogP contribution in [0.15, 0.2) is 30.3 Å². The minimum atomic E-state index is -1.32. The van der Waals surface area contributed by atoms with Crippen molar-refractivity contribution in [3.63, 3.8) is 0 Å². The maximum absolute atomic E-state index is 4.93. The van der Waals surface area contributed by atoms with Crippen molar-refractivity contribution >= 4 is 25.1 Å². The molecule has 5 fully saturated rings. The van der Waals surface area contributed by atoms with E-state index in [-0.39, 0.29) is 14.9 Å². The van der Waals surface area contributed by atoms with Gasteiger partial charge in [0.2, 0.25) is 0 Å². The molecule has 6 rings (SSSR count). The molecule has 0 heterocycles. The van der Waals surface area contributed by atoms with Gasteiger partial charge in [0.25, 0.3) is 0 Å². The van der Waals surface area contributed by atoms with Gasteiger partial charge in [0.05, 0.1) is 8.07 Å². The van der Waals surface area contributed by atoms with Gasteiger partial charge < -0.3 is 14.9 Å². The molecule has 40 heavy (non-hydrogen) atoms. The molecule has 1 aromatic carbocycles. The Morgan fingerprint density at radius 1 is 0.775 bits per heavy atom. The summed E-state index contributed by atoms with van der Waals surface area (Å²) in [5.41, 5.74) is 3.82. The van der Waals surface area contributed by atoms with E-state index in [0.717, 1.165) is 64.3 Å². The SMILES string of the molecule is CC(CC1CC([Si](C)(C)C2CC(C)C3C4CCCCC4CCC32)C2CCCCC12)c1ccccc1.[CH3-].[CH3-].[Cl][Zr+2][Cl]. The van der Waals surface area contributed by atoms with E-state index in [0.29, 0.717) is 0 Å². The fourth-order valence-corrected chi connectivity index (χ4v) is 17.1. The van der Waals surface area contributed by atoms with Gasteiger partial charge in [0.1, 0.15) is 0 Å². The van der Waals surface area contributed by atoms with E-state index in [1.54, 1.807) is 56.9 Å². The van der Waals surface area contributed by atoms with Crippen LogP contribution in [0.5, 0.6) is 0 Å². The molecule has 0 radical (unpaired) electrons. The zero-order chi connectivity index (χ0) is 26.9. The third-order valence-electron chi connectivity index (χ3n) is 13.1. The molecule has 5 saturated carbocycles. The Morgan fingerprint density at radius 2 is 1.35 bits per heavy atom. The fourth-order valence-electron chi connectivity index (χ4n) is 11.6. The number of rotatable bonds is 5. The van der Waals surface area contributed by atoms with Gasteiger partial charge in [0, 0.05) is 0 Å². The van der Waals surface area contributed by atoms with E-state index in [2.05, 4.69) is 57.3 Å². The van der Waals surface area contributed by atoms with Gasteiger partial charge >= 0.3 is 37.9 Å². The Labute approximate surface area is 269 Å². The van der Waals surface area contributed by atoms with Crippen molar-refractivity contribution in [3.05, 3.63) is 50.7 Å². The van der Waals surface area contributed by atoms with Gasteiger partial charge in [-0.2, -0.15) is 0 Å². The molecule has 5 aliphatic rings. The molecule has 0 N–H and O–H groups in total. The first-order valence-electron chi connectivity index (χ1n) is 16.4. The van der Waals surface area contributed by atoms with Gasteiger partial charge in [-0.05, 0) is 115 Å². The average Bonchev–Trinajstić information content (AvgIpc) is 3.48. The predicted octanol–water partition coefficient (Wildman–Crippen LogP) is 12.6. The third kappa shape index (κ3) is 7.23. The summed E-state index contributed by atoms with van der Waals surface area (Å²) in [6, 6.07) is 11.5. The topological polar surface area (TPSA) is 0 Å². The molecule has 0 aromatic heterocycles. The number of hydrogen-bond donors (Lipinski definition) is 0. The second-order valence-electron chi connectivity index (χ2n) is 15.0. The summed E-state index contributed by atoms with van der Waals surface area (Å²) in [7, 11) is 8.54. The van der Waals surface area contributed by atoms with Crippen molar-refractivity contribution in [1.82, 2.24) is 0 Å². The van der Waals surface area contributed by atoms with Crippen LogP contribution in [-0.4, -0.2) is 8.07 Å². The van der Waals surface area contributed by atoms with Crippen LogP contribution in [0.1, 0.15) is 109 Å². The molecule has 11 unspecified atom stereocenters. The van der Waals surface area contributed by atoms with Crippen molar-refractivity contribution in [1.29, 1.82) is 0 Å². The third-order valence-corrected chi connectivity index (χ3v) is 18.3. The number of fused-ring (bicyclic) bond motifs is 4. The Balaban J connectivity index is 0.000000846. The van der Waals surface area contributed by atoms with Crippen LogP contribution in [0, 0.1) is 62.2 Å². The standard InChI is InChI=1S/C34H54Si.2CH3.2ClH.Zr/c1-23(25-12-6-5-7-13-25)20-27-22-33(30-17-11-10-15-28(27)30)35(3,4)32-21-24(2)34-29-16-9-8-14-26(29)18-19-31(32)34;;;;;/h5-7,12-13,23-24,26-34H,8-11,14-22H2,1-4H3;2*1H3;2*1H;/q;2*-1;;;+4/p-2. The molecular weight excluding hydrogens is 623 g/mol. The summed E-state index contributed by atoms with van der Waals surface area (Å²) in [6.07, 6.45) is 20.2. The van der Waals surface area contributed by atoms with Gasteiger partial charge in [-0.15, -0.1) is 0 Å². The van der Waals surface area contributed by atoms with Gasteiger partial charge in [-0.1, -0.05) is 95.8 Å². The number of hydrogen-bond acceptors (Lipinski definition) is 0. The summed E-state index contributed by atoms with van der Waals surface area (Å²) in [6.45, 7) is 11.1. The summed E-state index contributed by atoms with van der Waals surface area (Å²) in [5.74, 6) is 9.29. The molecule has 0 amide bonds. The van der Waals surface area contributed by atoms with E-state index in [9.17, 15) is 0 Å². The molecule has 11 atom stereocenters. The molecule has 226 valence electrons. The van der Waals surface area contributed by atoms with Crippen molar-refractivity contribution in [2.75, 3.05) is 0 Å². The van der Waals surface area contributed by atoms with Crippen LogP contribution in [0.25, 0.3) is 0 Å². The van der Waals surface area contributed by atoms with Gasteiger partial charge in [-0.25, -0.2) is 0 Å². The summed E-state index contributed by atoms with van der Waals surface area (Å²) >= 11 is -0.826. The van der Waals surface area contributed by atoms with E-state index in [1.165, 1.54) is 32.1 Å². The first-order chi connectivity index (χ1) is 18.4. The van der Waals surface area contributed by atoms with Crippen LogP contribution < -0.4 is 0 Å². The predicted molar refractivity (Wildman–Crippen MR) is 178 cm³/mol. The maximum atomic E-state index is 4.93. The molecule has 0 nitrogen and oxygen atoms in total. The number of halogens is 2. The van der Waals surface area contributed by atoms with Gasteiger partial charge in [0.15, 0.2) is 0 Å². The Morgan fingerprint density at radius 3 is 2.02 bits per heavy atom. The Kier molecular flexibility index (Phi) is 13.9. The first kappa shape index (κ1) is 35.4. The normalized spacial score (nSPS) is 39.0. The second-order valence-corrected chi connectivity index (χ2v) is 23.9. The van der Waals surface area contributed by atoms with Crippen molar-refractivity contribution < 1.29 is 20.8 Å². The number of benzene rings is 1. The van der Waals surface area contributed by atoms with E-state index in [4.69, 9.17) is 17.0 Å². The molecule has 1 aromatic rings. The van der Waals surface area contributed by atoms with Crippen LogP contribution in [-0.2, 0) is 20.8 Å². The van der Waals surface area contributed by atoms with Crippen LogP contribution in [0.3, 0.4) is 0 Å². The molecule has 0 spiro atoms.